The highest BCUT2D eigenvalue weighted by atomic mass is 35.5. The first-order valence-corrected chi connectivity index (χ1v) is 10.9. The predicted molar refractivity (Wildman–Crippen MR) is 119 cm³/mol. The molecule has 1 N–H and O–H groups in total. The number of amides is 1. The van der Waals surface area contributed by atoms with Gasteiger partial charge in [-0.25, -0.2) is 4.98 Å². The van der Waals surface area contributed by atoms with E-state index in [9.17, 15) is 18.4 Å². The van der Waals surface area contributed by atoms with Crippen molar-refractivity contribution in [3.63, 3.8) is 0 Å². The molecule has 0 atom stereocenters. The standard InChI is InChI=1S/C20H16ClF2N3O2S2/c1-2-9-26-18(28)15-8-3-12(21)10-16(15)25-20(26)29-11-17(27)24-13-4-6-14(7-5-13)30-19(22)23/h2-8,10,19H,1,9,11H2,(H,24,27). The van der Waals surface area contributed by atoms with Gasteiger partial charge in [0.25, 0.3) is 11.3 Å². The number of alkyl halides is 2. The number of nitrogens with one attached hydrogen (secondary N) is 1. The van der Waals surface area contributed by atoms with Crippen molar-refractivity contribution in [2.45, 2.75) is 22.4 Å². The van der Waals surface area contributed by atoms with Crippen molar-refractivity contribution in [3.8, 4) is 0 Å². The van der Waals surface area contributed by atoms with Crippen molar-refractivity contribution in [3.05, 3.63) is 70.5 Å². The molecule has 10 heteroatoms. The second kappa shape index (κ2) is 10.1. The van der Waals surface area contributed by atoms with Crippen LogP contribution in [0.25, 0.3) is 10.9 Å². The molecule has 0 bridgehead atoms. The number of hydrogen-bond donors (Lipinski definition) is 1. The average molecular weight is 468 g/mol. The number of hydrogen-bond acceptors (Lipinski definition) is 5. The Morgan fingerprint density at radius 3 is 2.67 bits per heavy atom. The summed E-state index contributed by atoms with van der Waals surface area (Å²) in [5.74, 6) is -2.82. The molecule has 0 aliphatic carbocycles. The minimum Gasteiger partial charge on any atom is -0.325 e. The van der Waals surface area contributed by atoms with Crippen molar-refractivity contribution in [1.82, 2.24) is 9.55 Å². The summed E-state index contributed by atoms with van der Waals surface area (Å²) in [6.07, 6.45) is 1.58. The maximum atomic E-state index is 12.8. The van der Waals surface area contributed by atoms with Crippen LogP contribution in [0.4, 0.5) is 14.5 Å². The molecule has 0 saturated carbocycles. The first-order chi connectivity index (χ1) is 14.4. The van der Waals surface area contributed by atoms with E-state index in [2.05, 4.69) is 16.9 Å². The fourth-order valence-corrected chi connectivity index (χ4v) is 4.09. The minimum absolute atomic E-state index is 0.00317. The van der Waals surface area contributed by atoms with Crippen LogP contribution in [0.1, 0.15) is 0 Å². The molecule has 0 unspecified atom stereocenters. The maximum Gasteiger partial charge on any atom is 0.288 e. The molecule has 1 aromatic heterocycles. The van der Waals surface area contributed by atoms with Crippen LogP contribution in [-0.2, 0) is 11.3 Å². The number of carbonyl (C=O) groups is 1. The molecule has 0 fully saturated rings. The van der Waals surface area contributed by atoms with E-state index in [4.69, 9.17) is 11.6 Å². The van der Waals surface area contributed by atoms with Crippen molar-refractivity contribution >= 4 is 57.6 Å². The lowest BCUT2D eigenvalue weighted by Gasteiger charge is -2.12. The van der Waals surface area contributed by atoms with Crippen LogP contribution in [-0.4, -0.2) is 27.0 Å². The van der Waals surface area contributed by atoms with Crippen LogP contribution in [0.2, 0.25) is 5.02 Å². The molecule has 1 heterocycles. The Labute approximate surface area is 184 Å². The van der Waals surface area contributed by atoms with Crippen LogP contribution < -0.4 is 10.9 Å². The minimum atomic E-state index is -2.50. The average Bonchev–Trinajstić information content (AvgIpc) is 2.70. The van der Waals surface area contributed by atoms with Gasteiger partial charge in [-0.3, -0.25) is 14.2 Å². The number of thioether (sulfide) groups is 2. The Morgan fingerprint density at radius 2 is 2.00 bits per heavy atom. The maximum absolute atomic E-state index is 12.8. The number of rotatable bonds is 8. The molecule has 30 heavy (non-hydrogen) atoms. The highest BCUT2D eigenvalue weighted by molar-refractivity contribution is 8.00. The number of halogens is 3. The molecule has 0 spiro atoms. The lowest BCUT2D eigenvalue weighted by molar-refractivity contribution is -0.113. The van der Waals surface area contributed by atoms with E-state index in [-0.39, 0.29) is 23.8 Å². The van der Waals surface area contributed by atoms with Gasteiger partial charge in [-0.15, -0.1) is 6.58 Å². The summed E-state index contributed by atoms with van der Waals surface area (Å²) in [6, 6.07) is 11.0. The monoisotopic (exact) mass is 467 g/mol. The topological polar surface area (TPSA) is 64.0 Å². The Hall–Kier alpha value is -2.36. The number of aromatic nitrogens is 2. The Balaban J connectivity index is 1.74. The second-order valence-corrected chi connectivity index (χ2v) is 8.44. The van der Waals surface area contributed by atoms with Gasteiger partial charge < -0.3 is 5.32 Å². The van der Waals surface area contributed by atoms with Gasteiger partial charge in [0.05, 0.1) is 16.7 Å². The second-order valence-electron chi connectivity index (χ2n) is 6.00. The van der Waals surface area contributed by atoms with Gasteiger partial charge in [-0.05, 0) is 42.5 Å². The molecule has 0 aliphatic heterocycles. The van der Waals surface area contributed by atoms with Gasteiger partial charge in [-0.2, -0.15) is 8.78 Å². The number of fused-ring (bicyclic) bond motifs is 1. The molecule has 0 saturated heterocycles. The number of carbonyl (C=O) groups excluding carboxylic acids is 1. The Kier molecular flexibility index (Phi) is 7.52. The third-order valence-electron chi connectivity index (χ3n) is 3.89. The zero-order valence-electron chi connectivity index (χ0n) is 15.5. The third kappa shape index (κ3) is 5.62. The number of benzene rings is 2. The highest BCUT2D eigenvalue weighted by Gasteiger charge is 2.13. The van der Waals surface area contributed by atoms with Crippen LogP contribution >= 0.6 is 35.1 Å². The van der Waals surface area contributed by atoms with Gasteiger partial charge >= 0.3 is 0 Å². The summed E-state index contributed by atoms with van der Waals surface area (Å²) in [5, 5.41) is 3.95. The van der Waals surface area contributed by atoms with Gasteiger partial charge in [0.15, 0.2) is 5.16 Å². The molecule has 1 amide bonds. The molecule has 0 radical (unpaired) electrons. The zero-order valence-corrected chi connectivity index (χ0v) is 17.9. The third-order valence-corrected chi connectivity index (χ3v) is 5.82. The number of allylic oxidation sites excluding steroid dienone is 1. The summed E-state index contributed by atoms with van der Waals surface area (Å²) < 4.78 is 26.2. The summed E-state index contributed by atoms with van der Waals surface area (Å²) in [7, 11) is 0. The Bertz CT molecular complexity index is 1140. The fraction of sp³-hybridized carbons (Fsp3) is 0.150. The zero-order chi connectivity index (χ0) is 21.7. The lowest BCUT2D eigenvalue weighted by Crippen LogP contribution is -2.23. The van der Waals surface area contributed by atoms with Gasteiger partial charge in [0, 0.05) is 22.2 Å². The first-order valence-electron chi connectivity index (χ1n) is 8.66. The number of anilines is 1. The van der Waals surface area contributed by atoms with Crippen LogP contribution in [0.5, 0.6) is 0 Å². The van der Waals surface area contributed by atoms with E-state index >= 15 is 0 Å². The van der Waals surface area contributed by atoms with E-state index in [0.717, 1.165) is 11.8 Å². The lowest BCUT2D eigenvalue weighted by atomic mass is 10.2. The summed E-state index contributed by atoms with van der Waals surface area (Å²) >= 11 is 7.54. The molecular weight excluding hydrogens is 452 g/mol. The largest absolute Gasteiger partial charge is 0.325 e. The normalized spacial score (nSPS) is 11.1. The smallest absolute Gasteiger partial charge is 0.288 e. The summed E-state index contributed by atoms with van der Waals surface area (Å²) in [6.45, 7) is 3.91. The Morgan fingerprint density at radius 1 is 1.27 bits per heavy atom. The molecule has 3 rings (SSSR count). The van der Waals surface area contributed by atoms with E-state index in [1.165, 1.54) is 16.7 Å². The summed E-state index contributed by atoms with van der Waals surface area (Å²) in [4.78, 5) is 29.9. The van der Waals surface area contributed by atoms with Gasteiger partial charge in [0.2, 0.25) is 5.91 Å². The SMILES string of the molecule is C=CCn1c(SCC(=O)Nc2ccc(SC(F)F)cc2)nc2cc(Cl)ccc2c1=O. The van der Waals surface area contributed by atoms with Crippen molar-refractivity contribution < 1.29 is 13.6 Å². The molecule has 0 aliphatic rings. The van der Waals surface area contributed by atoms with Gasteiger partial charge in [0.1, 0.15) is 0 Å². The van der Waals surface area contributed by atoms with Crippen molar-refractivity contribution in [2.75, 3.05) is 11.1 Å². The predicted octanol–water partition coefficient (Wildman–Crippen LogP) is 5.28. The van der Waals surface area contributed by atoms with Crippen LogP contribution in [0, 0.1) is 0 Å². The van der Waals surface area contributed by atoms with Gasteiger partial charge in [-0.1, -0.05) is 41.2 Å². The van der Waals surface area contributed by atoms with Crippen LogP contribution in [0.3, 0.4) is 0 Å². The van der Waals surface area contributed by atoms with E-state index in [0.29, 0.717) is 43.4 Å². The number of nitrogens with zero attached hydrogens (tertiary/aromatic N) is 2. The molecule has 5 nitrogen and oxygen atoms in total. The van der Waals surface area contributed by atoms with E-state index in [1.807, 2.05) is 0 Å². The fourth-order valence-electron chi connectivity index (χ4n) is 2.62. The first kappa shape index (κ1) is 22.3. The summed E-state index contributed by atoms with van der Waals surface area (Å²) in [5.41, 5.74) is 0.690. The molecule has 156 valence electrons. The molecular formula is C20H16ClF2N3O2S2. The van der Waals surface area contributed by atoms with Crippen LogP contribution in [0.15, 0.2) is 70.0 Å². The quantitative estimate of drug-likeness (QED) is 0.277. The van der Waals surface area contributed by atoms with E-state index < -0.39 is 5.76 Å². The van der Waals surface area contributed by atoms with Crippen molar-refractivity contribution in [2.24, 2.45) is 0 Å². The molecule has 3 aromatic rings. The molecule has 2 aromatic carbocycles. The highest BCUT2D eigenvalue weighted by Crippen LogP contribution is 2.26. The van der Waals surface area contributed by atoms with E-state index in [1.54, 1.807) is 36.4 Å². The van der Waals surface area contributed by atoms with Crippen molar-refractivity contribution in [1.29, 1.82) is 0 Å².